The number of hydrogen-bond donors (Lipinski definition) is 2. The summed E-state index contributed by atoms with van der Waals surface area (Å²) in [6.07, 6.45) is 6.50. The molecule has 31 heavy (non-hydrogen) atoms. The van der Waals surface area contributed by atoms with E-state index < -0.39 is 0 Å². The van der Waals surface area contributed by atoms with Gasteiger partial charge < -0.3 is 9.67 Å². The molecule has 156 valence electrons. The Morgan fingerprint density at radius 1 is 1.00 bits per heavy atom. The van der Waals surface area contributed by atoms with E-state index in [2.05, 4.69) is 39.4 Å². The first-order valence-electron chi connectivity index (χ1n) is 10.8. The second-order valence-corrected chi connectivity index (χ2v) is 8.06. The predicted molar refractivity (Wildman–Crippen MR) is 125 cm³/mol. The normalized spacial score (nSPS) is 13.7. The second-order valence-electron chi connectivity index (χ2n) is 8.06. The van der Waals surface area contributed by atoms with Crippen molar-refractivity contribution in [3.05, 3.63) is 77.5 Å². The van der Waals surface area contributed by atoms with Crippen molar-refractivity contribution in [1.29, 1.82) is 0 Å². The van der Waals surface area contributed by atoms with Gasteiger partial charge in [0.05, 0.1) is 6.21 Å². The van der Waals surface area contributed by atoms with Crippen LogP contribution >= 0.6 is 0 Å². The number of hydrogen-bond acceptors (Lipinski definition) is 3. The highest BCUT2D eigenvalue weighted by Crippen LogP contribution is 2.32. The quantitative estimate of drug-likeness (QED) is 0.362. The molecule has 5 rings (SSSR count). The minimum atomic E-state index is -0.140. The Morgan fingerprint density at radius 3 is 2.68 bits per heavy atom. The van der Waals surface area contributed by atoms with Gasteiger partial charge >= 0.3 is 0 Å². The molecule has 4 aromatic rings. The summed E-state index contributed by atoms with van der Waals surface area (Å²) in [5.74, 6) is 0.000421. The van der Waals surface area contributed by atoms with Crippen LogP contribution in [0.2, 0.25) is 0 Å². The van der Waals surface area contributed by atoms with Crippen LogP contribution in [0.5, 0.6) is 5.75 Å². The number of amides is 1. The lowest BCUT2D eigenvalue weighted by Gasteiger charge is -2.15. The number of phenols is 1. The van der Waals surface area contributed by atoms with E-state index in [1.165, 1.54) is 41.2 Å². The molecule has 0 aliphatic heterocycles. The van der Waals surface area contributed by atoms with Crippen molar-refractivity contribution >= 4 is 33.8 Å². The summed E-state index contributed by atoms with van der Waals surface area (Å²) in [7, 11) is 0. The number of hydrazone groups is 1. The summed E-state index contributed by atoms with van der Waals surface area (Å²) in [6, 6.07) is 19.8. The lowest BCUT2D eigenvalue weighted by atomic mass is 9.95. The van der Waals surface area contributed by atoms with Crippen molar-refractivity contribution < 1.29 is 9.90 Å². The van der Waals surface area contributed by atoms with E-state index in [1.807, 2.05) is 30.3 Å². The van der Waals surface area contributed by atoms with Gasteiger partial charge in [-0.2, -0.15) is 5.10 Å². The number of phenolic OH excluding ortho intramolecular Hbond substituents is 1. The van der Waals surface area contributed by atoms with E-state index >= 15 is 0 Å². The molecule has 1 aliphatic carbocycles. The van der Waals surface area contributed by atoms with E-state index in [1.54, 1.807) is 6.07 Å². The summed E-state index contributed by atoms with van der Waals surface area (Å²) < 4.78 is 2.31. The summed E-state index contributed by atoms with van der Waals surface area (Å²) in [5, 5.41) is 17.5. The lowest BCUT2D eigenvalue weighted by molar-refractivity contribution is -0.121. The Kier molecular flexibility index (Phi) is 5.16. The third kappa shape index (κ3) is 3.67. The molecule has 5 heteroatoms. The summed E-state index contributed by atoms with van der Waals surface area (Å²) in [4.78, 5) is 12.5. The van der Waals surface area contributed by atoms with E-state index in [9.17, 15) is 9.90 Å². The SMILES string of the molecule is O=C(CCn1c2c(c3ccccc31)CCCC2)NN=Cc1c(O)ccc2ccccc12. The molecule has 0 bridgehead atoms. The van der Waals surface area contributed by atoms with E-state index in [0.29, 0.717) is 18.5 Å². The third-order valence-corrected chi connectivity index (χ3v) is 6.18. The molecular formula is C26H25N3O2. The highest BCUT2D eigenvalue weighted by atomic mass is 16.3. The maximum Gasteiger partial charge on any atom is 0.241 e. The molecule has 0 spiro atoms. The van der Waals surface area contributed by atoms with Crippen LogP contribution in [0.1, 0.15) is 36.1 Å². The number of nitrogens with one attached hydrogen (secondary N) is 1. The minimum Gasteiger partial charge on any atom is -0.507 e. The summed E-state index contributed by atoms with van der Waals surface area (Å²) in [6.45, 7) is 0.636. The fourth-order valence-electron chi connectivity index (χ4n) is 4.70. The number of carbonyl (C=O) groups excluding carboxylic acids is 1. The Bertz CT molecular complexity index is 1300. The van der Waals surface area contributed by atoms with Gasteiger partial charge in [0.25, 0.3) is 0 Å². The van der Waals surface area contributed by atoms with Crippen LogP contribution in [-0.2, 0) is 24.2 Å². The highest BCUT2D eigenvalue weighted by molar-refractivity contribution is 6.02. The molecule has 1 amide bonds. The topological polar surface area (TPSA) is 66.6 Å². The maximum atomic E-state index is 12.5. The van der Waals surface area contributed by atoms with Crippen molar-refractivity contribution in [2.45, 2.75) is 38.6 Å². The largest absolute Gasteiger partial charge is 0.507 e. The first kappa shape index (κ1) is 19.4. The molecule has 0 saturated carbocycles. The van der Waals surface area contributed by atoms with Gasteiger partial charge in [0.15, 0.2) is 0 Å². The number of para-hydroxylation sites is 1. The zero-order chi connectivity index (χ0) is 21.2. The number of aromatic hydroxyl groups is 1. The smallest absolute Gasteiger partial charge is 0.241 e. The van der Waals surface area contributed by atoms with Gasteiger partial charge in [-0.3, -0.25) is 4.79 Å². The van der Waals surface area contributed by atoms with Gasteiger partial charge in [0.2, 0.25) is 5.91 Å². The fraction of sp³-hybridized carbons (Fsp3) is 0.231. The van der Waals surface area contributed by atoms with Crippen LogP contribution in [0.4, 0.5) is 0 Å². The first-order valence-corrected chi connectivity index (χ1v) is 10.8. The average molecular weight is 412 g/mol. The molecule has 2 N–H and O–H groups in total. The molecule has 3 aromatic carbocycles. The van der Waals surface area contributed by atoms with Crippen LogP contribution < -0.4 is 5.43 Å². The Balaban J connectivity index is 1.30. The lowest BCUT2D eigenvalue weighted by Crippen LogP contribution is -2.20. The van der Waals surface area contributed by atoms with Crippen molar-refractivity contribution in [2.24, 2.45) is 5.10 Å². The molecule has 0 radical (unpaired) electrons. The van der Waals surface area contributed by atoms with E-state index in [0.717, 1.165) is 23.6 Å². The number of fused-ring (bicyclic) bond motifs is 4. The van der Waals surface area contributed by atoms with Crippen molar-refractivity contribution in [2.75, 3.05) is 0 Å². The van der Waals surface area contributed by atoms with Crippen LogP contribution in [0.15, 0.2) is 65.8 Å². The number of aryl methyl sites for hydroxylation is 2. The van der Waals surface area contributed by atoms with Crippen molar-refractivity contribution in [3.8, 4) is 5.75 Å². The van der Waals surface area contributed by atoms with Crippen LogP contribution in [0.25, 0.3) is 21.7 Å². The number of aromatic nitrogens is 1. The van der Waals surface area contributed by atoms with Gasteiger partial charge in [0.1, 0.15) is 5.75 Å². The number of nitrogens with zero attached hydrogens (tertiary/aromatic N) is 2. The Morgan fingerprint density at radius 2 is 1.77 bits per heavy atom. The number of rotatable bonds is 5. The number of carbonyl (C=O) groups is 1. The molecule has 0 saturated heterocycles. The highest BCUT2D eigenvalue weighted by Gasteiger charge is 2.19. The zero-order valence-electron chi connectivity index (χ0n) is 17.3. The second kappa shape index (κ2) is 8.26. The molecule has 1 aliphatic rings. The van der Waals surface area contributed by atoms with Gasteiger partial charge in [0, 0.05) is 35.1 Å². The van der Waals surface area contributed by atoms with Crippen molar-refractivity contribution in [1.82, 2.24) is 9.99 Å². The molecule has 1 aromatic heterocycles. The fourth-order valence-corrected chi connectivity index (χ4v) is 4.70. The molecule has 0 unspecified atom stereocenters. The predicted octanol–water partition coefficient (Wildman–Crippen LogP) is 4.92. The summed E-state index contributed by atoms with van der Waals surface area (Å²) in [5.41, 5.74) is 7.26. The first-order chi connectivity index (χ1) is 15.2. The van der Waals surface area contributed by atoms with Gasteiger partial charge in [-0.15, -0.1) is 0 Å². The van der Waals surface area contributed by atoms with E-state index in [4.69, 9.17) is 0 Å². The van der Waals surface area contributed by atoms with Crippen molar-refractivity contribution in [3.63, 3.8) is 0 Å². The van der Waals surface area contributed by atoms with Crippen LogP contribution in [0.3, 0.4) is 0 Å². The third-order valence-electron chi connectivity index (χ3n) is 6.18. The summed E-state index contributed by atoms with van der Waals surface area (Å²) >= 11 is 0. The van der Waals surface area contributed by atoms with Crippen LogP contribution in [0, 0.1) is 0 Å². The molecule has 0 atom stereocenters. The van der Waals surface area contributed by atoms with E-state index in [-0.39, 0.29) is 11.7 Å². The molecular weight excluding hydrogens is 386 g/mol. The monoisotopic (exact) mass is 411 g/mol. The molecule has 1 heterocycles. The van der Waals surface area contributed by atoms with Crippen LogP contribution in [-0.4, -0.2) is 21.8 Å². The molecule has 5 nitrogen and oxygen atoms in total. The van der Waals surface area contributed by atoms with Gasteiger partial charge in [-0.05, 0) is 54.2 Å². The Hall–Kier alpha value is -3.60. The standard InChI is InChI=1S/C26H25N3O2/c30-25-14-13-18-7-1-2-8-19(18)22(25)17-27-28-26(31)15-16-29-23-11-5-3-9-20(23)21-10-4-6-12-24(21)29/h1-3,5,7-9,11,13-14,17,30H,4,6,10,12,15-16H2,(H,28,31). The Labute approximate surface area is 181 Å². The maximum absolute atomic E-state index is 12.5. The average Bonchev–Trinajstić information content (AvgIpc) is 3.13. The zero-order valence-corrected chi connectivity index (χ0v) is 17.3. The van der Waals surface area contributed by atoms with Gasteiger partial charge in [-0.25, -0.2) is 5.43 Å². The number of benzene rings is 3. The van der Waals surface area contributed by atoms with Gasteiger partial charge in [-0.1, -0.05) is 48.5 Å². The molecule has 0 fully saturated rings. The minimum absolute atomic E-state index is 0.140.